The van der Waals surface area contributed by atoms with E-state index in [1.165, 1.54) is 23.6 Å². The molecule has 0 fully saturated rings. The minimum atomic E-state index is 0.525. The van der Waals surface area contributed by atoms with Crippen LogP contribution in [-0.2, 0) is 4.74 Å². The van der Waals surface area contributed by atoms with Crippen LogP contribution in [0.3, 0.4) is 0 Å². The fourth-order valence-corrected chi connectivity index (χ4v) is 2.08. The van der Waals surface area contributed by atoms with E-state index in [1.807, 2.05) is 23.4 Å². The Kier molecular flexibility index (Phi) is 5.13. The summed E-state index contributed by atoms with van der Waals surface area (Å²) < 4.78 is 5.16. The van der Waals surface area contributed by atoms with Gasteiger partial charge in [-0.15, -0.1) is 0 Å². The van der Waals surface area contributed by atoms with Gasteiger partial charge in [-0.25, -0.2) is 4.99 Å². The van der Waals surface area contributed by atoms with Crippen molar-refractivity contribution in [2.45, 2.75) is 26.7 Å². The third-order valence-electron chi connectivity index (χ3n) is 3.27. The lowest BCUT2D eigenvalue weighted by atomic mass is 10.1. The molecule has 0 radical (unpaired) electrons. The molecule has 2 aromatic rings. The van der Waals surface area contributed by atoms with E-state index in [9.17, 15) is 0 Å². The van der Waals surface area contributed by atoms with E-state index in [0.717, 1.165) is 11.4 Å². The molecule has 0 unspecified atom stereocenters. The summed E-state index contributed by atoms with van der Waals surface area (Å²) in [5.74, 6) is 0. The molecular formula is C17H22N2O. The fourth-order valence-electron chi connectivity index (χ4n) is 2.08. The lowest BCUT2D eigenvalue weighted by molar-refractivity contribution is 0.209. The summed E-state index contributed by atoms with van der Waals surface area (Å²) in [6, 6.07) is 12.4. The van der Waals surface area contributed by atoms with Gasteiger partial charge in [0.05, 0.1) is 17.7 Å². The average Bonchev–Trinajstić information content (AvgIpc) is 2.51. The van der Waals surface area contributed by atoms with Crippen LogP contribution in [-0.4, -0.2) is 20.2 Å². The molecule has 20 heavy (non-hydrogen) atoms. The Morgan fingerprint density at radius 1 is 1.05 bits per heavy atom. The highest BCUT2D eigenvalue weighted by atomic mass is 16.5. The van der Waals surface area contributed by atoms with Gasteiger partial charge in [-0.05, 0) is 17.5 Å². The zero-order valence-electron chi connectivity index (χ0n) is 12.5. The number of nitrogens with zero attached hydrogens (tertiary/aromatic N) is 2. The van der Waals surface area contributed by atoms with E-state index in [4.69, 9.17) is 4.74 Å². The van der Waals surface area contributed by atoms with Crippen LogP contribution in [0.15, 0.2) is 41.4 Å². The summed E-state index contributed by atoms with van der Waals surface area (Å²) in [6.07, 6.45) is 4.46. The predicted molar refractivity (Wildman–Crippen MR) is 87.0 cm³/mol. The quantitative estimate of drug-likeness (QED) is 0.805. The Balaban J connectivity index is 0.000000328. The van der Waals surface area contributed by atoms with Gasteiger partial charge in [0.1, 0.15) is 6.73 Å². The second kappa shape index (κ2) is 7.06. The summed E-state index contributed by atoms with van der Waals surface area (Å²) in [6.45, 7) is 4.89. The monoisotopic (exact) mass is 270 g/mol. The molecule has 1 aliphatic heterocycles. The van der Waals surface area contributed by atoms with Crippen LogP contribution in [0.4, 0.5) is 11.4 Å². The van der Waals surface area contributed by atoms with Crippen LogP contribution in [0.2, 0.25) is 0 Å². The average molecular weight is 270 g/mol. The summed E-state index contributed by atoms with van der Waals surface area (Å²) in [7, 11) is 1.69. The first-order valence-corrected chi connectivity index (χ1v) is 7.13. The van der Waals surface area contributed by atoms with Crippen molar-refractivity contribution in [2.24, 2.45) is 4.99 Å². The molecule has 0 amide bonds. The first-order chi connectivity index (χ1) is 9.81. The van der Waals surface area contributed by atoms with E-state index in [2.05, 4.69) is 43.1 Å². The first-order valence-electron chi connectivity index (χ1n) is 7.13. The van der Waals surface area contributed by atoms with Gasteiger partial charge in [-0.1, -0.05) is 51.0 Å². The van der Waals surface area contributed by atoms with Gasteiger partial charge < -0.3 is 9.64 Å². The minimum Gasteiger partial charge on any atom is -0.364 e. The van der Waals surface area contributed by atoms with Crippen molar-refractivity contribution in [1.29, 1.82) is 0 Å². The van der Waals surface area contributed by atoms with E-state index < -0.39 is 0 Å². The largest absolute Gasteiger partial charge is 0.364 e. The molecule has 0 saturated heterocycles. The van der Waals surface area contributed by atoms with Gasteiger partial charge >= 0.3 is 0 Å². The van der Waals surface area contributed by atoms with Crippen molar-refractivity contribution in [3.8, 4) is 0 Å². The molecule has 0 spiro atoms. The molecule has 3 heteroatoms. The second-order valence-electron chi connectivity index (χ2n) is 4.78. The molecule has 0 aromatic heterocycles. The molecule has 0 atom stereocenters. The molecule has 1 heterocycles. The number of hydrogen-bond donors (Lipinski definition) is 0. The Morgan fingerprint density at radius 2 is 1.75 bits per heavy atom. The van der Waals surface area contributed by atoms with E-state index >= 15 is 0 Å². The van der Waals surface area contributed by atoms with Gasteiger partial charge in [0, 0.05) is 12.5 Å². The van der Waals surface area contributed by atoms with Crippen LogP contribution in [0.5, 0.6) is 0 Å². The standard InChI is InChI=1S/C13H12N2O.C4H10/c1-16-9-15-8-14-11-6-2-4-10-5-3-7-12(15)13(10)11;1-3-4-2/h2-8H,9H2,1H3;3-4H2,1-2H3. The molecule has 3 nitrogen and oxygen atoms in total. The highest BCUT2D eigenvalue weighted by molar-refractivity contribution is 6.09. The minimum absolute atomic E-state index is 0.525. The third kappa shape index (κ3) is 2.99. The Hall–Kier alpha value is -1.87. The van der Waals surface area contributed by atoms with E-state index in [-0.39, 0.29) is 0 Å². The van der Waals surface area contributed by atoms with Gasteiger partial charge in [-0.2, -0.15) is 0 Å². The molecule has 0 saturated carbocycles. The zero-order valence-corrected chi connectivity index (χ0v) is 12.5. The number of anilines is 1. The first kappa shape index (κ1) is 14.5. The van der Waals surface area contributed by atoms with Crippen molar-refractivity contribution in [3.05, 3.63) is 36.4 Å². The van der Waals surface area contributed by atoms with E-state index in [0.29, 0.717) is 6.73 Å². The summed E-state index contributed by atoms with van der Waals surface area (Å²) in [5.41, 5.74) is 2.19. The molecule has 1 aliphatic rings. The Bertz CT molecular complexity index is 585. The van der Waals surface area contributed by atoms with Crippen molar-refractivity contribution < 1.29 is 4.74 Å². The highest BCUT2D eigenvalue weighted by Crippen LogP contribution is 2.36. The van der Waals surface area contributed by atoms with Crippen LogP contribution in [0.25, 0.3) is 10.8 Å². The van der Waals surface area contributed by atoms with Crippen molar-refractivity contribution in [2.75, 3.05) is 18.7 Å². The lowest BCUT2D eigenvalue weighted by Gasteiger charge is -2.24. The normalized spacial score (nSPS) is 12.2. The number of methoxy groups -OCH3 is 1. The van der Waals surface area contributed by atoms with Gasteiger partial charge in [0.2, 0.25) is 0 Å². The number of unbranched alkanes of at least 4 members (excludes halogenated alkanes) is 1. The SMILES string of the molecule is CCCC.COCN1C=Nc2cccc3cccc1c23. The molecule has 2 aromatic carbocycles. The van der Waals surface area contributed by atoms with Crippen LogP contribution < -0.4 is 4.90 Å². The maximum Gasteiger partial charge on any atom is 0.123 e. The van der Waals surface area contributed by atoms with Crippen LogP contribution >= 0.6 is 0 Å². The lowest BCUT2D eigenvalue weighted by Crippen LogP contribution is -2.25. The predicted octanol–water partition coefficient (Wildman–Crippen LogP) is 4.73. The molecule has 0 aliphatic carbocycles. The van der Waals surface area contributed by atoms with E-state index in [1.54, 1.807) is 7.11 Å². The fraction of sp³-hybridized carbons (Fsp3) is 0.353. The Labute approximate surface area is 120 Å². The number of aliphatic imine (C=N–C) groups is 1. The van der Waals surface area contributed by atoms with Crippen LogP contribution in [0.1, 0.15) is 26.7 Å². The molecular weight excluding hydrogens is 248 g/mol. The Morgan fingerprint density at radius 3 is 2.40 bits per heavy atom. The molecule has 106 valence electrons. The van der Waals surface area contributed by atoms with Crippen molar-refractivity contribution in [1.82, 2.24) is 0 Å². The molecule has 3 rings (SSSR count). The van der Waals surface area contributed by atoms with Gasteiger partial charge in [0.15, 0.2) is 0 Å². The maximum absolute atomic E-state index is 5.16. The number of benzene rings is 2. The third-order valence-corrected chi connectivity index (χ3v) is 3.27. The van der Waals surface area contributed by atoms with Gasteiger partial charge in [0.25, 0.3) is 0 Å². The van der Waals surface area contributed by atoms with Gasteiger partial charge in [-0.3, -0.25) is 0 Å². The maximum atomic E-state index is 5.16. The number of rotatable bonds is 3. The molecule has 0 bridgehead atoms. The van der Waals surface area contributed by atoms with Crippen LogP contribution in [0, 0.1) is 0 Å². The van der Waals surface area contributed by atoms with Crippen molar-refractivity contribution >= 4 is 28.5 Å². The summed E-state index contributed by atoms with van der Waals surface area (Å²) in [5, 5.41) is 2.41. The topological polar surface area (TPSA) is 24.8 Å². The smallest absolute Gasteiger partial charge is 0.123 e. The zero-order chi connectivity index (χ0) is 14.4. The molecule has 0 N–H and O–H groups in total. The number of ether oxygens (including phenoxy) is 1. The van der Waals surface area contributed by atoms with Crippen molar-refractivity contribution in [3.63, 3.8) is 0 Å². The summed E-state index contributed by atoms with van der Waals surface area (Å²) >= 11 is 0. The summed E-state index contributed by atoms with van der Waals surface area (Å²) in [4.78, 5) is 6.44. The highest BCUT2D eigenvalue weighted by Gasteiger charge is 2.14. The second-order valence-corrected chi connectivity index (χ2v) is 4.78. The number of hydrogen-bond acceptors (Lipinski definition) is 3.